The Kier molecular flexibility index (Phi) is 4.25. The van der Waals surface area contributed by atoms with E-state index < -0.39 is 0 Å². The van der Waals surface area contributed by atoms with Gasteiger partial charge in [-0.15, -0.1) is 0 Å². The Labute approximate surface area is 102 Å². The molecule has 1 atom stereocenters. The van der Waals surface area contributed by atoms with Crippen molar-refractivity contribution in [1.29, 1.82) is 0 Å². The zero-order valence-corrected chi connectivity index (χ0v) is 10.3. The highest BCUT2D eigenvalue weighted by Crippen LogP contribution is 2.35. The number of halogens is 1. The van der Waals surface area contributed by atoms with E-state index in [-0.39, 0.29) is 6.10 Å². The first-order valence-electron chi connectivity index (χ1n) is 6.21. The minimum absolute atomic E-state index is 0.383. The second kappa shape index (κ2) is 5.70. The van der Waals surface area contributed by atoms with E-state index in [4.69, 9.17) is 11.6 Å². The van der Waals surface area contributed by atoms with Gasteiger partial charge in [0, 0.05) is 5.02 Å². The third-order valence-corrected chi connectivity index (χ3v) is 3.91. The summed E-state index contributed by atoms with van der Waals surface area (Å²) in [6, 6.07) is 7.65. The molecule has 16 heavy (non-hydrogen) atoms. The molecule has 1 aromatic rings. The smallest absolute Gasteiger partial charge is 0.0832 e. The zero-order valence-electron chi connectivity index (χ0n) is 9.53. The molecule has 0 unspecified atom stereocenters. The molecule has 0 saturated heterocycles. The number of hydrogen-bond donors (Lipinski definition) is 1. The van der Waals surface area contributed by atoms with E-state index in [0.29, 0.717) is 10.9 Å². The Morgan fingerprint density at radius 2 is 1.69 bits per heavy atom. The lowest BCUT2D eigenvalue weighted by atomic mass is 9.89. The van der Waals surface area contributed by atoms with E-state index in [1.807, 2.05) is 24.3 Å². The van der Waals surface area contributed by atoms with E-state index in [0.717, 1.165) is 18.4 Å². The van der Waals surface area contributed by atoms with Crippen molar-refractivity contribution in [1.82, 2.24) is 0 Å². The molecule has 1 saturated carbocycles. The van der Waals surface area contributed by atoms with Crippen molar-refractivity contribution in [2.24, 2.45) is 5.92 Å². The summed E-state index contributed by atoms with van der Waals surface area (Å²) in [4.78, 5) is 0. The van der Waals surface area contributed by atoms with Gasteiger partial charge in [0.05, 0.1) is 6.10 Å². The maximum atomic E-state index is 10.4. The molecule has 2 rings (SSSR count). The van der Waals surface area contributed by atoms with Crippen LogP contribution in [0.3, 0.4) is 0 Å². The Morgan fingerprint density at radius 3 is 2.31 bits per heavy atom. The first-order chi connectivity index (χ1) is 7.79. The predicted molar refractivity (Wildman–Crippen MR) is 67.6 cm³/mol. The van der Waals surface area contributed by atoms with Crippen LogP contribution in [0.5, 0.6) is 0 Å². The van der Waals surface area contributed by atoms with Crippen molar-refractivity contribution in [2.75, 3.05) is 0 Å². The van der Waals surface area contributed by atoms with Gasteiger partial charge in [-0.3, -0.25) is 0 Å². The van der Waals surface area contributed by atoms with Gasteiger partial charge in [0.15, 0.2) is 0 Å². The van der Waals surface area contributed by atoms with Crippen LogP contribution in [0.1, 0.15) is 50.2 Å². The normalized spacial score (nSPS) is 20.4. The Hall–Kier alpha value is -0.530. The lowest BCUT2D eigenvalue weighted by Crippen LogP contribution is -2.12. The molecule has 0 bridgehead atoms. The van der Waals surface area contributed by atoms with Crippen molar-refractivity contribution in [3.05, 3.63) is 34.9 Å². The van der Waals surface area contributed by atoms with Crippen LogP contribution in [0.4, 0.5) is 0 Å². The average Bonchev–Trinajstić information content (AvgIpc) is 2.57. The van der Waals surface area contributed by atoms with Crippen LogP contribution < -0.4 is 0 Å². The van der Waals surface area contributed by atoms with Crippen LogP contribution >= 0.6 is 11.6 Å². The first-order valence-corrected chi connectivity index (χ1v) is 6.59. The van der Waals surface area contributed by atoms with Crippen LogP contribution in [-0.2, 0) is 0 Å². The molecule has 2 heteroatoms. The maximum Gasteiger partial charge on any atom is 0.0832 e. The molecule has 0 heterocycles. The number of aliphatic hydroxyl groups is 1. The quantitative estimate of drug-likeness (QED) is 0.760. The molecular formula is C14H19ClO. The lowest BCUT2D eigenvalue weighted by molar-refractivity contribution is 0.0989. The van der Waals surface area contributed by atoms with Gasteiger partial charge < -0.3 is 5.11 Å². The van der Waals surface area contributed by atoms with Gasteiger partial charge >= 0.3 is 0 Å². The Balaban J connectivity index is 2.11. The number of aliphatic hydroxyl groups excluding tert-OH is 1. The molecule has 0 radical (unpaired) electrons. The topological polar surface area (TPSA) is 20.2 Å². The van der Waals surface area contributed by atoms with Gasteiger partial charge in [-0.25, -0.2) is 0 Å². The van der Waals surface area contributed by atoms with Gasteiger partial charge in [-0.2, -0.15) is 0 Å². The van der Waals surface area contributed by atoms with Gasteiger partial charge in [-0.1, -0.05) is 55.5 Å². The monoisotopic (exact) mass is 238 g/mol. The minimum Gasteiger partial charge on any atom is -0.388 e. The molecule has 1 aliphatic rings. The van der Waals surface area contributed by atoms with Crippen molar-refractivity contribution >= 4 is 11.6 Å². The second-order valence-electron chi connectivity index (χ2n) is 4.72. The standard InChI is InChI=1S/C14H19ClO/c15-13-10-6-5-9-12(13)14(16)11-7-3-1-2-4-8-11/h5-6,9-11,14,16H,1-4,7-8H2/t14-/m1/s1. The molecule has 1 N–H and O–H groups in total. The van der Waals surface area contributed by atoms with Crippen LogP contribution in [0, 0.1) is 5.92 Å². The molecule has 0 spiro atoms. The summed E-state index contributed by atoms with van der Waals surface area (Å²) < 4.78 is 0. The molecule has 0 aromatic heterocycles. The van der Waals surface area contributed by atoms with E-state index in [1.54, 1.807) is 0 Å². The number of rotatable bonds is 2. The molecule has 88 valence electrons. The van der Waals surface area contributed by atoms with Crippen LogP contribution in [-0.4, -0.2) is 5.11 Å². The van der Waals surface area contributed by atoms with Gasteiger partial charge in [-0.05, 0) is 30.4 Å². The van der Waals surface area contributed by atoms with Crippen molar-refractivity contribution < 1.29 is 5.11 Å². The van der Waals surface area contributed by atoms with E-state index in [1.165, 1.54) is 25.7 Å². The fourth-order valence-electron chi connectivity index (χ4n) is 2.60. The predicted octanol–water partition coefficient (Wildman–Crippen LogP) is 4.34. The van der Waals surface area contributed by atoms with Gasteiger partial charge in [0.2, 0.25) is 0 Å². The summed E-state index contributed by atoms with van der Waals surface area (Å²) in [5, 5.41) is 11.1. The number of hydrogen-bond acceptors (Lipinski definition) is 1. The summed E-state index contributed by atoms with van der Waals surface area (Å²) in [5.74, 6) is 0.391. The zero-order chi connectivity index (χ0) is 11.4. The number of benzene rings is 1. The maximum absolute atomic E-state index is 10.4. The molecule has 0 aliphatic heterocycles. The molecule has 1 aromatic carbocycles. The summed E-state index contributed by atoms with van der Waals surface area (Å²) in [7, 11) is 0. The second-order valence-corrected chi connectivity index (χ2v) is 5.13. The summed E-state index contributed by atoms with van der Waals surface area (Å²) in [6.07, 6.45) is 6.99. The summed E-state index contributed by atoms with van der Waals surface area (Å²) in [5.41, 5.74) is 0.899. The highest BCUT2D eigenvalue weighted by Gasteiger charge is 2.23. The van der Waals surface area contributed by atoms with Crippen LogP contribution in [0.2, 0.25) is 5.02 Å². The summed E-state index contributed by atoms with van der Waals surface area (Å²) in [6.45, 7) is 0. The van der Waals surface area contributed by atoms with Crippen molar-refractivity contribution in [2.45, 2.75) is 44.6 Å². The van der Waals surface area contributed by atoms with E-state index >= 15 is 0 Å². The Bertz CT molecular complexity index is 329. The molecule has 1 fully saturated rings. The SMILES string of the molecule is O[C@@H](c1ccccc1Cl)C1CCCCCC1. The van der Waals surface area contributed by atoms with Crippen molar-refractivity contribution in [3.8, 4) is 0 Å². The fourth-order valence-corrected chi connectivity index (χ4v) is 2.84. The van der Waals surface area contributed by atoms with E-state index in [2.05, 4.69) is 0 Å². The largest absolute Gasteiger partial charge is 0.388 e. The van der Waals surface area contributed by atoms with E-state index in [9.17, 15) is 5.11 Å². The third kappa shape index (κ3) is 2.78. The molecule has 0 amide bonds. The Morgan fingerprint density at radius 1 is 1.06 bits per heavy atom. The molecule has 1 nitrogen and oxygen atoms in total. The first kappa shape index (κ1) is 11.9. The minimum atomic E-state index is -0.383. The van der Waals surface area contributed by atoms with Crippen LogP contribution in [0.25, 0.3) is 0 Å². The average molecular weight is 239 g/mol. The van der Waals surface area contributed by atoms with Gasteiger partial charge in [0.25, 0.3) is 0 Å². The highest BCUT2D eigenvalue weighted by molar-refractivity contribution is 6.31. The van der Waals surface area contributed by atoms with Crippen LogP contribution in [0.15, 0.2) is 24.3 Å². The fraction of sp³-hybridized carbons (Fsp3) is 0.571. The van der Waals surface area contributed by atoms with Crippen molar-refractivity contribution in [3.63, 3.8) is 0 Å². The molecular weight excluding hydrogens is 220 g/mol. The highest BCUT2D eigenvalue weighted by atomic mass is 35.5. The third-order valence-electron chi connectivity index (χ3n) is 3.57. The lowest BCUT2D eigenvalue weighted by Gasteiger charge is -2.22. The molecule has 1 aliphatic carbocycles. The van der Waals surface area contributed by atoms with Gasteiger partial charge in [0.1, 0.15) is 0 Å². The summed E-state index contributed by atoms with van der Waals surface area (Å²) >= 11 is 6.12.